The van der Waals surface area contributed by atoms with E-state index in [1.807, 2.05) is 0 Å². The number of aldehydes is 1. The Morgan fingerprint density at radius 3 is 2.60 bits per heavy atom. The van der Waals surface area contributed by atoms with Crippen molar-refractivity contribution in [3.8, 4) is 0 Å². The second-order valence-electron chi connectivity index (χ2n) is 1.58. The van der Waals surface area contributed by atoms with Crippen LogP contribution in [0.2, 0.25) is 0 Å². The second-order valence-corrected chi connectivity index (χ2v) is 1.58. The molecule has 0 aliphatic carbocycles. The molecule has 0 aromatic carbocycles. The molecular formula is C6H7BrO3. The van der Waals surface area contributed by atoms with E-state index < -0.39 is 0 Å². The van der Waals surface area contributed by atoms with Crippen LogP contribution in [0.3, 0.4) is 0 Å². The van der Waals surface area contributed by atoms with E-state index in [2.05, 4.69) is 0 Å². The van der Waals surface area contributed by atoms with Gasteiger partial charge in [0.15, 0.2) is 12.0 Å². The average molecular weight is 207 g/mol. The van der Waals surface area contributed by atoms with E-state index in [-0.39, 0.29) is 29.3 Å². The largest absolute Gasteiger partial charge is 0.456 e. The molecule has 4 heteroatoms. The Hall–Kier alpha value is -0.610. The lowest BCUT2D eigenvalue weighted by Crippen LogP contribution is -1.74. The number of carbonyl (C=O) groups is 1. The smallest absolute Gasteiger partial charge is 0.185 e. The lowest BCUT2D eigenvalue weighted by atomic mass is 10.4. The molecule has 1 rings (SSSR count). The fraction of sp³-hybridized carbons (Fsp3) is 0.167. The zero-order valence-corrected chi connectivity index (χ0v) is 6.82. The number of aliphatic hydroxyl groups excluding tert-OH is 1. The van der Waals surface area contributed by atoms with Gasteiger partial charge >= 0.3 is 0 Å². The zero-order valence-electron chi connectivity index (χ0n) is 5.11. The summed E-state index contributed by atoms with van der Waals surface area (Å²) in [6.07, 6.45) is 0.596. The number of rotatable bonds is 2. The Morgan fingerprint density at radius 1 is 1.60 bits per heavy atom. The van der Waals surface area contributed by atoms with Gasteiger partial charge in [-0.2, -0.15) is 0 Å². The minimum Gasteiger partial charge on any atom is -0.456 e. The Bertz CT molecular complexity index is 207. The molecule has 0 unspecified atom stereocenters. The third-order valence-electron chi connectivity index (χ3n) is 0.954. The Labute approximate surface area is 68.4 Å². The number of furan rings is 1. The maximum Gasteiger partial charge on any atom is 0.185 e. The summed E-state index contributed by atoms with van der Waals surface area (Å²) in [4.78, 5) is 9.96. The molecule has 0 bridgehead atoms. The summed E-state index contributed by atoms with van der Waals surface area (Å²) < 4.78 is 4.76. The van der Waals surface area contributed by atoms with Crippen LogP contribution >= 0.6 is 17.0 Å². The van der Waals surface area contributed by atoms with Crippen LogP contribution in [0.4, 0.5) is 0 Å². The predicted octanol–water partition coefficient (Wildman–Crippen LogP) is 1.16. The molecule has 1 aromatic heterocycles. The molecule has 3 nitrogen and oxygen atoms in total. The van der Waals surface area contributed by atoms with Crippen LogP contribution in [0.1, 0.15) is 16.3 Å². The van der Waals surface area contributed by atoms with Gasteiger partial charge in [-0.1, -0.05) is 0 Å². The van der Waals surface area contributed by atoms with E-state index in [0.29, 0.717) is 12.0 Å². The fourth-order valence-corrected chi connectivity index (χ4v) is 0.543. The van der Waals surface area contributed by atoms with Crippen LogP contribution in [-0.4, -0.2) is 11.4 Å². The van der Waals surface area contributed by atoms with Crippen molar-refractivity contribution in [2.75, 3.05) is 0 Å². The van der Waals surface area contributed by atoms with E-state index >= 15 is 0 Å². The molecule has 10 heavy (non-hydrogen) atoms. The van der Waals surface area contributed by atoms with Gasteiger partial charge in [0.1, 0.15) is 12.4 Å². The van der Waals surface area contributed by atoms with Gasteiger partial charge in [0, 0.05) is 0 Å². The predicted molar refractivity (Wildman–Crippen MR) is 40.3 cm³/mol. The molecule has 0 saturated heterocycles. The van der Waals surface area contributed by atoms with Crippen molar-refractivity contribution in [3.05, 3.63) is 23.7 Å². The summed E-state index contributed by atoms with van der Waals surface area (Å²) in [6.45, 7) is -0.159. The Morgan fingerprint density at radius 2 is 2.30 bits per heavy atom. The zero-order chi connectivity index (χ0) is 6.69. The highest BCUT2D eigenvalue weighted by Crippen LogP contribution is 2.03. The third-order valence-corrected chi connectivity index (χ3v) is 0.954. The molecule has 0 amide bonds. The van der Waals surface area contributed by atoms with Crippen molar-refractivity contribution in [1.82, 2.24) is 0 Å². The van der Waals surface area contributed by atoms with Crippen molar-refractivity contribution >= 4 is 23.3 Å². The summed E-state index contributed by atoms with van der Waals surface area (Å²) in [5.41, 5.74) is 0. The van der Waals surface area contributed by atoms with Gasteiger partial charge < -0.3 is 9.52 Å². The highest BCUT2D eigenvalue weighted by molar-refractivity contribution is 8.93. The Kier molecular flexibility index (Phi) is 3.99. The van der Waals surface area contributed by atoms with Crippen molar-refractivity contribution in [2.24, 2.45) is 0 Å². The van der Waals surface area contributed by atoms with Gasteiger partial charge in [-0.05, 0) is 12.1 Å². The first-order valence-corrected chi connectivity index (χ1v) is 2.51. The minimum absolute atomic E-state index is 0. The molecule has 1 heterocycles. The highest BCUT2D eigenvalue weighted by atomic mass is 79.9. The molecule has 0 saturated carbocycles. The first-order chi connectivity index (χ1) is 4.36. The van der Waals surface area contributed by atoms with Gasteiger partial charge in [-0.3, -0.25) is 4.79 Å². The summed E-state index contributed by atoms with van der Waals surface area (Å²) in [6, 6.07) is 3.07. The van der Waals surface area contributed by atoms with E-state index in [0.717, 1.165) is 0 Å². The van der Waals surface area contributed by atoms with E-state index in [1.54, 1.807) is 6.07 Å². The minimum atomic E-state index is -0.159. The molecule has 0 aliphatic heterocycles. The molecule has 1 N–H and O–H groups in total. The molecule has 0 radical (unpaired) electrons. The molecule has 0 atom stereocenters. The van der Waals surface area contributed by atoms with Crippen LogP contribution in [0.5, 0.6) is 0 Å². The molecule has 1 aromatic rings. The van der Waals surface area contributed by atoms with Crippen LogP contribution in [0.15, 0.2) is 16.5 Å². The maximum absolute atomic E-state index is 9.96. The summed E-state index contributed by atoms with van der Waals surface area (Å²) in [5, 5.41) is 8.44. The monoisotopic (exact) mass is 206 g/mol. The van der Waals surface area contributed by atoms with Gasteiger partial charge in [0.25, 0.3) is 0 Å². The normalized spacial score (nSPS) is 8.50. The lowest BCUT2D eigenvalue weighted by molar-refractivity contribution is 0.109. The van der Waals surface area contributed by atoms with Crippen LogP contribution < -0.4 is 0 Å². The van der Waals surface area contributed by atoms with Crippen molar-refractivity contribution in [1.29, 1.82) is 0 Å². The number of hydrogen-bond donors (Lipinski definition) is 1. The third kappa shape index (κ3) is 1.97. The number of halogens is 1. The van der Waals surface area contributed by atoms with E-state index in [9.17, 15) is 4.79 Å². The summed E-state index contributed by atoms with van der Waals surface area (Å²) in [7, 11) is 0. The first kappa shape index (κ1) is 9.39. The summed E-state index contributed by atoms with van der Waals surface area (Å²) in [5.74, 6) is 0.663. The van der Waals surface area contributed by atoms with Crippen LogP contribution in [0.25, 0.3) is 0 Å². The fourth-order valence-electron chi connectivity index (χ4n) is 0.543. The van der Waals surface area contributed by atoms with Crippen molar-refractivity contribution in [2.45, 2.75) is 6.61 Å². The standard InChI is InChI=1S/C6H6O3.BrH/c7-3-5-1-2-6(4-8)9-5;/h1-3,8H,4H2;1H. The maximum atomic E-state index is 9.96. The quantitative estimate of drug-likeness (QED) is 0.740. The topological polar surface area (TPSA) is 50.4 Å². The molecule has 0 fully saturated rings. The molecule has 0 spiro atoms. The van der Waals surface area contributed by atoms with Crippen molar-refractivity contribution in [3.63, 3.8) is 0 Å². The SMILES string of the molecule is Br.O=Cc1ccc(CO)o1. The van der Waals surface area contributed by atoms with Crippen molar-refractivity contribution < 1.29 is 14.3 Å². The van der Waals surface area contributed by atoms with Gasteiger partial charge in [-0.25, -0.2) is 0 Å². The highest BCUT2D eigenvalue weighted by Gasteiger charge is 1.96. The van der Waals surface area contributed by atoms with Gasteiger partial charge in [0.05, 0.1) is 0 Å². The number of aliphatic hydroxyl groups is 1. The van der Waals surface area contributed by atoms with Crippen LogP contribution in [0, 0.1) is 0 Å². The van der Waals surface area contributed by atoms with Gasteiger partial charge in [-0.15, -0.1) is 17.0 Å². The number of hydrogen-bond acceptors (Lipinski definition) is 3. The number of carbonyl (C=O) groups excluding carboxylic acids is 1. The second kappa shape index (κ2) is 4.24. The Balaban J connectivity index is 0.000000810. The van der Waals surface area contributed by atoms with Crippen LogP contribution in [-0.2, 0) is 6.61 Å². The lowest BCUT2D eigenvalue weighted by Gasteiger charge is -1.82. The summed E-state index contributed by atoms with van der Waals surface area (Å²) >= 11 is 0. The average Bonchev–Trinajstić information content (AvgIpc) is 2.34. The van der Waals surface area contributed by atoms with E-state index in [1.165, 1.54) is 6.07 Å². The van der Waals surface area contributed by atoms with E-state index in [4.69, 9.17) is 9.52 Å². The molecule has 56 valence electrons. The molecule has 0 aliphatic rings. The van der Waals surface area contributed by atoms with Gasteiger partial charge in [0.2, 0.25) is 0 Å². The first-order valence-electron chi connectivity index (χ1n) is 2.51. The molecular weight excluding hydrogens is 200 g/mol.